The summed E-state index contributed by atoms with van der Waals surface area (Å²) >= 11 is 0. The lowest BCUT2D eigenvalue weighted by molar-refractivity contribution is -0.117. The van der Waals surface area contributed by atoms with Crippen molar-refractivity contribution in [3.63, 3.8) is 0 Å². The number of rotatable bonds is 12. The molecule has 290 valence electrons. The lowest BCUT2D eigenvalue weighted by Gasteiger charge is -2.43. The summed E-state index contributed by atoms with van der Waals surface area (Å²) in [4.78, 5) is 42.6. The van der Waals surface area contributed by atoms with E-state index in [1.165, 1.54) is 26.0 Å². The number of aliphatic imine (C=N–C) groups is 2. The third-order valence-electron chi connectivity index (χ3n) is 10.5. The third kappa shape index (κ3) is 7.37. The smallest absolute Gasteiger partial charge is 0.247 e. The average Bonchev–Trinajstić information content (AvgIpc) is 3.83. The number of benzene rings is 2. The van der Waals surface area contributed by atoms with Gasteiger partial charge in [0.25, 0.3) is 0 Å². The first-order chi connectivity index (χ1) is 26.9. The topological polar surface area (TPSA) is 124 Å². The molecule has 0 saturated heterocycles. The van der Waals surface area contributed by atoms with E-state index in [4.69, 9.17) is 9.72 Å². The molecule has 0 aliphatic carbocycles. The van der Waals surface area contributed by atoms with Crippen molar-refractivity contribution >= 4 is 40.5 Å². The molecule has 2 atom stereocenters. The maximum Gasteiger partial charge on any atom is 0.247 e. The number of pyridine rings is 1. The van der Waals surface area contributed by atoms with E-state index in [-0.39, 0.29) is 43.0 Å². The van der Waals surface area contributed by atoms with Gasteiger partial charge >= 0.3 is 0 Å². The Morgan fingerprint density at radius 1 is 1.02 bits per heavy atom. The Hall–Kier alpha value is -5.63. The number of anilines is 2. The molecular formula is C42H44F3N9O2. The molecule has 3 aliphatic rings. The minimum Gasteiger partial charge on any atom is -0.493 e. The van der Waals surface area contributed by atoms with Crippen molar-refractivity contribution in [2.45, 2.75) is 71.1 Å². The number of alkyl halides is 1. The molecule has 2 N–H and O–H groups in total. The molecule has 1 amide bonds. The van der Waals surface area contributed by atoms with Gasteiger partial charge in [-0.25, -0.2) is 33.1 Å². The maximum absolute atomic E-state index is 16.1. The zero-order chi connectivity index (χ0) is 39.1. The van der Waals surface area contributed by atoms with Gasteiger partial charge in [-0.15, -0.1) is 0 Å². The van der Waals surface area contributed by atoms with E-state index in [0.717, 1.165) is 27.7 Å². The number of aryl methyl sites for hydroxylation is 1. The largest absolute Gasteiger partial charge is 0.493 e. The van der Waals surface area contributed by atoms with Crippen LogP contribution in [-0.2, 0) is 11.2 Å². The number of nitrogens with zero attached hydrogens (tertiary/aromatic N) is 7. The summed E-state index contributed by atoms with van der Waals surface area (Å²) in [5, 5.41) is 4.06. The van der Waals surface area contributed by atoms with Crippen molar-refractivity contribution in [1.82, 2.24) is 24.8 Å². The lowest BCUT2D eigenvalue weighted by Crippen LogP contribution is -2.48. The van der Waals surface area contributed by atoms with Crippen LogP contribution >= 0.6 is 0 Å². The third-order valence-corrected chi connectivity index (χ3v) is 10.5. The lowest BCUT2D eigenvalue weighted by atomic mass is 9.87. The molecule has 6 heterocycles. The van der Waals surface area contributed by atoms with Gasteiger partial charge in [0.1, 0.15) is 28.7 Å². The molecule has 0 unspecified atom stereocenters. The van der Waals surface area contributed by atoms with E-state index in [0.29, 0.717) is 73.3 Å². The van der Waals surface area contributed by atoms with Crippen LogP contribution in [0.4, 0.5) is 24.8 Å². The van der Waals surface area contributed by atoms with Crippen molar-refractivity contribution in [2.75, 3.05) is 43.0 Å². The zero-order valence-corrected chi connectivity index (χ0v) is 31.9. The molecule has 0 bridgehead atoms. The number of unbranched alkanes of at least 4 members (excludes halogenated alkanes) is 2. The maximum atomic E-state index is 16.1. The summed E-state index contributed by atoms with van der Waals surface area (Å²) in [7, 11) is 0. The molecule has 8 rings (SSSR count). The molecule has 0 fully saturated rings. The standard InChI is InChI=1S/C42H44F3N9O2/c1-24-18-29-28-10-6-7-11-32(28)51-37(29)38(54(24)23-42(3,4)45)36-30(43)19-26(20-31(36)44)56-17-9-5-8-16-53-35(55)22-49-40-41(53)52-34(21-48-40)27-12-13-33(50-25(27)2)39-46-14-15-47-39/h6-7,10-14,19-21,24,38,51H,5,8-9,15-18,22-23H2,1-4H3,(H,48,49)/t24-,38-/m1/s1. The van der Waals surface area contributed by atoms with Crippen molar-refractivity contribution in [1.29, 1.82) is 0 Å². The van der Waals surface area contributed by atoms with Crippen LogP contribution in [0, 0.1) is 18.6 Å². The monoisotopic (exact) mass is 763 g/mol. The normalized spacial score (nSPS) is 18.2. The van der Waals surface area contributed by atoms with Crippen LogP contribution < -0.4 is 15.0 Å². The quantitative estimate of drug-likeness (QED) is 0.126. The number of fused-ring (bicyclic) bond motifs is 4. The SMILES string of the molecule is Cc1nc(C2=NCC=N2)ccc1-c1cnc2c(n1)N(CCCCCOc1cc(F)c([C@@H]3c4[nH]c5ccccc5c4C[C@@H](C)N3CC(C)(C)F)c(F)c1)C(=O)CN2. The Labute approximate surface area is 323 Å². The van der Waals surface area contributed by atoms with Crippen molar-refractivity contribution in [3.8, 4) is 17.0 Å². The first-order valence-corrected chi connectivity index (χ1v) is 19.1. The Morgan fingerprint density at radius 2 is 1.82 bits per heavy atom. The van der Waals surface area contributed by atoms with Crippen molar-refractivity contribution in [3.05, 3.63) is 94.6 Å². The molecular weight excluding hydrogens is 720 g/mol. The van der Waals surface area contributed by atoms with Crippen LogP contribution in [-0.4, -0.2) is 87.3 Å². The molecule has 2 aromatic carbocycles. The Bertz CT molecular complexity index is 2350. The Balaban J connectivity index is 0.921. The number of carbonyl (C=O) groups excluding carboxylic acids is 1. The van der Waals surface area contributed by atoms with E-state index in [9.17, 15) is 4.79 Å². The Kier molecular flexibility index (Phi) is 10.1. The minimum atomic E-state index is -1.59. The van der Waals surface area contributed by atoms with Gasteiger partial charge in [-0.05, 0) is 77.1 Å². The van der Waals surface area contributed by atoms with E-state index in [1.807, 2.05) is 55.1 Å². The number of nitrogens with one attached hydrogen (secondary N) is 2. The fourth-order valence-electron chi connectivity index (χ4n) is 7.97. The molecule has 11 nitrogen and oxygen atoms in total. The summed E-state index contributed by atoms with van der Waals surface area (Å²) in [6.07, 6.45) is 5.96. The molecule has 5 aromatic rings. The van der Waals surface area contributed by atoms with Gasteiger partial charge in [-0.3, -0.25) is 19.6 Å². The number of aromatic nitrogens is 4. The second kappa shape index (κ2) is 15.1. The van der Waals surface area contributed by atoms with Crippen molar-refractivity contribution < 1.29 is 22.7 Å². The number of amidine groups is 1. The number of amides is 1. The first-order valence-electron chi connectivity index (χ1n) is 19.1. The number of para-hydroxylation sites is 1. The van der Waals surface area contributed by atoms with Gasteiger partial charge in [-0.2, -0.15) is 0 Å². The second-order valence-corrected chi connectivity index (χ2v) is 15.3. The summed E-state index contributed by atoms with van der Waals surface area (Å²) in [5.41, 5.74) is 3.64. The molecule has 0 saturated carbocycles. The van der Waals surface area contributed by atoms with Crippen LogP contribution in [0.15, 0.2) is 64.7 Å². The van der Waals surface area contributed by atoms with Gasteiger partial charge in [0, 0.05) is 70.9 Å². The number of H-pyrrole nitrogens is 1. The summed E-state index contributed by atoms with van der Waals surface area (Å²) < 4.78 is 53.2. The summed E-state index contributed by atoms with van der Waals surface area (Å²) in [5.74, 6) is 0.0469. The van der Waals surface area contributed by atoms with Crippen LogP contribution in [0.25, 0.3) is 22.2 Å². The first kappa shape index (κ1) is 37.3. The van der Waals surface area contributed by atoms with Gasteiger partial charge in [0.15, 0.2) is 17.5 Å². The number of aromatic amines is 1. The number of ether oxygens (including phenoxy) is 1. The van der Waals surface area contributed by atoms with E-state index < -0.39 is 23.3 Å². The Morgan fingerprint density at radius 3 is 2.57 bits per heavy atom. The highest BCUT2D eigenvalue weighted by Gasteiger charge is 2.41. The van der Waals surface area contributed by atoms with Crippen LogP contribution in [0.1, 0.15) is 74.3 Å². The predicted octanol–water partition coefficient (Wildman–Crippen LogP) is 7.53. The summed E-state index contributed by atoms with van der Waals surface area (Å²) in [6.45, 7) is 8.12. The predicted molar refractivity (Wildman–Crippen MR) is 212 cm³/mol. The molecule has 0 spiro atoms. The highest BCUT2D eigenvalue weighted by Crippen LogP contribution is 2.44. The van der Waals surface area contributed by atoms with Gasteiger partial charge < -0.3 is 15.0 Å². The van der Waals surface area contributed by atoms with E-state index >= 15 is 13.2 Å². The molecule has 3 aromatic heterocycles. The number of hydrogen-bond donors (Lipinski definition) is 2. The number of halogens is 3. The zero-order valence-electron chi connectivity index (χ0n) is 31.9. The van der Waals surface area contributed by atoms with E-state index in [2.05, 4.69) is 30.3 Å². The highest BCUT2D eigenvalue weighted by molar-refractivity contribution is 6.05. The van der Waals surface area contributed by atoms with E-state index in [1.54, 1.807) is 17.3 Å². The minimum absolute atomic E-state index is 0.00162. The molecule has 56 heavy (non-hydrogen) atoms. The highest BCUT2D eigenvalue weighted by atomic mass is 19.1. The number of carbonyl (C=O) groups is 1. The average molecular weight is 764 g/mol. The second-order valence-electron chi connectivity index (χ2n) is 15.3. The van der Waals surface area contributed by atoms with Crippen molar-refractivity contribution in [2.24, 2.45) is 9.98 Å². The van der Waals surface area contributed by atoms with Gasteiger partial charge in [0.05, 0.1) is 37.6 Å². The van der Waals surface area contributed by atoms with Crippen LogP contribution in [0.2, 0.25) is 0 Å². The van der Waals surface area contributed by atoms with Crippen LogP contribution in [0.3, 0.4) is 0 Å². The summed E-state index contributed by atoms with van der Waals surface area (Å²) in [6, 6.07) is 13.0. The van der Waals surface area contributed by atoms with Gasteiger partial charge in [-0.1, -0.05) is 18.2 Å². The molecule has 3 aliphatic heterocycles. The number of hydrogen-bond acceptors (Lipinski definition) is 9. The fourth-order valence-corrected chi connectivity index (χ4v) is 7.97. The van der Waals surface area contributed by atoms with Gasteiger partial charge in [0.2, 0.25) is 5.91 Å². The fraction of sp³-hybridized carbons (Fsp3) is 0.381. The van der Waals surface area contributed by atoms with Crippen LogP contribution in [0.5, 0.6) is 5.75 Å². The molecule has 14 heteroatoms. The molecule has 0 radical (unpaired) electrons.